The second kappa shape index (κ2) is 12.1. The molecule has 0 spiro atoms. The molecule has 0 saturated carbocycles. The molecule has 0 aliphatic carbocycles. The number of hydrogen-bond acceptors (Lipinski definition) is 4. The van der Waals surface area contributed by atoms with Crippen molar-refractivity contribution in [3.63, 3.8) is 0 Å². The number of Topliss-reactive ketones (excluding diaryl/α,β-unsaturated/α-hetero) is 1. The summed E-state index contributed by atoms with van der Waals surface area (Å²) in [4.78, 5) is 11.4. The zero-order valence-corrected chi connectivity index (χ0v) is 21.6. The van der Waals surface area contributed by atoms with E-state index in [4.69, 9.17) is 4.42 Å². The van der Waals surface area contributed by atoms with Gasteiger partial charge in [0.2, 0.25) is 11.8 Å². The Hall–Kier alpha value is -3.53. The quantitative estimate of drug-likeness (QED) is 0.288. The SMILES string of the molecule is CC.CC.CC(=O)c1ccc(-c2nnc(-c3ccc(-c4ccc(C(C)(C)C)cc4)cc3)o2)cc1. The van der Waals surface area contributed by atoms with Crippen LogP contribution in [0.4, 0.5) is 0 Å². The first kappa shape index (κ1) is 26.7. The summed E-state index contributed by atoms with van der Waals surface area (Å²) in [6.45, 7) is 16.2. The maximum absolute atomic E-state index is 11.4. The summed E-state index contributed by atoms with van der Waals surface area (Å²) in [5.41, 5.74) is 6.08. The highest BCUT2D eigenvalue weighted by Crippen LogP contribution is 2.29. The zero-order valence-electron chi connectivity index (χ0n) is 21.6. The topological polar surface area (TPSA) is 56.0 Å². The first-order valence-electron chi connectivity index (χ1n) is 12.0. The molecule has 178 valence electrons. The molecule has 0 aliphatic heterocycles. The predicted octanol–water partition coefficient (Wildman–Crippen LogP) is 8.62. The molecule has 0 atom stereocenters. The normalized spacial score (nSPS) is 10.5. The van der Waals surface area contributed by atoms with Crippen molar-refractivity contribution in [1.82, 2.24) is 10.2 Å². The molecule has 0 aliphatic rings. The van der Waals surface area contributed by atoms with E-state index in [0.29, 0.717) is 17.3 Å². The lowest BCUT2D eigenvalue weighted by atomic mass is 9.86. The molecule has 3 aromatic carbocycles. The van der Waals surface area contributed by atoms with Crippen molar-refractivity contribution in [2.75, 3.05) is 0 Å². The Morgan fingerprint density at radius 1 is 0.618 bits per heavy atom. The Morgan fingerprint density at radius 3 is 1.35 bits per heavy atom. The van der Waals surface area contributed by atoms with Gasteiger partial charge in [0, 0.05) is 16.7 Å². The van der Waals surface area contributed by atoms with Crippen molar-refractivity contribution in [3.8, 4) is 34.0 Å². The minimum absolute atomic E-state index is 0.0286. The van der Waals surface area contributed by atoms with Gasteiger partial charge in [-0.15, -0.1) is 10.2 Å². The van der Waals surface area contributed by atoms with Crippen molar-refractivity contribution in [3.05, 3.63) is 83.9 Å². The number of rotatable bonds is 4. The number of aromatic nitrogens is 2. The van der Waals surface area contributed by atoms with Crippen LogP contribution >= 0.6 is 0 Å². The minimum Gasteiger partial charge on any atom is -0.416 e. The summed E-state index contributed by atoms with van der Waals surface area (Å²) in [7, 11) is 0. The fourth-order valence-corrected chi connectivity index (χ4v) is 3.27. The molecule has 0 bridgehead atoms. The highest BCUT2D eigenvalue weighted by Gasteiger charge is 2.14. The van der Waals surface area contributed by atoms with Gasteiger partial charge < -0.3 is 4.42 Å². The van der Waals surface area contributed by atoms with Crippen molar-refractivity contribution >= 4 is 5.78 Å². The van der Waals surface area contributed by atoms with E-state index in [9.17, 15) is 4.79 Å². The highest BCUT2D eigenvalue weighted by atomic mass is 16.4. The summed E-state index contributed by atoms with van der Waals surface area (Å²) in [6, 6.07) is 24.0. The second-order valence-electron chi connectivity index (χ2n) is 8.45. The van der Waals surface area contributed by atoms with Crippen LogP contribution < -0.4 is 0 Å². The lowest BCUT2D eigenvalue weighted by molar-refractivity contribution is 0.101. The minimum atomic E-state index is 0.0286. The van der Waals surface area contributed by atoms with Crippen LogP contribution in [0, 0.1) is 0 Å². The molecule has 0 N–H and O–H groups in total. The molecule has 1 aromatic heterocycles. The van der Waals surface area contributed by atoms with Crippen LogP contribution in [0.2, 0.25) is 0 Å². The van der Waals surface area contributed by atoms with Gasteiger partial charge in [0.1, 0.15) is 0 Å². The van der Waals surface area contributed by atoms with Gasteiger partial charge in [-0.25, -0.2) is 0 Å². The molecule has 0 amide bonds. The summed E-state index contributed by atoms with van der Waals surface area (Å²) in [5, 5.41) is 8.33. The van der Waals surface area contributed by atoms with Crippen molar-refractivity contribution in [1.29, 1.82) is 0 Å². The standard InChI is InChI=1S/C26H24N2O2.2C2H6/c1-17(29)18-5-9-21(10-6-18)24-27-28-25(30-24)22-11-7-19(8-12-22)20-13-15-23(16-14-20)26(2,3)4;2*1-2/h5-16H,1-4H3;2*1-2H3. The monoisotopic (exact) mass is 456 g/mol. The van der Waals surface area contributed by atoms with Crippen molar-refractivity contribution in [2.45, 2.75) is 60.8 Å². The molecule has 0 fully saturated rings. The van der Waals surface area contributed by atoms with Gasteiger partial charge in [-0.3, -0.25) is 4.79 Å². The van der Waals surface area contributed by atoms with Gasteiger partial charge in [0.25, 0.3) is 0 Å². The summed E-state index contributed by atoms with van der Waals surface area (Å²) < 4.78 is 5.85. The van der Waals surface area contributed by atoms with Gasteiger partial charge >= 0.3 is 0 Å². The van der Waals surface area contributed by atoms with Gasteiger partial charge in [0.15, 0.2) is 5.78 Å². The second-order valence-corrected chi connectivity index (χ2v) is 8.45. The number of carbonyl (C=O) groups excluding carboxylic acids is 1. The molecular formula is C30H36N2O2. The zero-order chi connectivity index (χ0) is 25.3. The third-order valence-corrected chi connectivity index (χ3v) is 5.18. The maximum Gasteiger partial charge on any atom is 0.248 e. The number of ketones is 1. The maximum atomic E-state index is 11.4. The number of nitrogens with zero attached hydrogens (tertiary/aromatic N) is 2. The Morgan fingerprint density at radius 2 is 0.971 bits per heavy atom. The Balaban J connectivity index is 0.000000970. The first-order chi connectivity index (χ1) is 16.3. The summed E-state index contributed by atoms with van der Waals surface area (Å²) >= 11 is 0. The molecule has 0 radical (unpaired) electrons. The summed E-state index contributed by atoms with van der Waals surface area (Å²) in [5.74, 6) is 0.929. The van der Waals surface area contributed by atoms with E-state index in [1.54, 1.807) is 19.1 Å². The smallest absolute Gasteiger partial charge is 0.248 e. The van der Waals surface area contributed by atoms with Gasteiger partial charge in [-0.1, -0.05) is 97.0 Å². The van der Waals surface area contributed by atoms with Crippen LogP contribution in [-0.4, -0.2) is 16.0 Å². The van der Waals surface area contributed by atoms with E-state index in [2.05, 4.69) is 67.4 Å². The highest BCUT2D eigenvalue weighted by molar-refractivity contribution is 5.94. The summed E-state index contributed by atoms with van der Waals surface area (Å²) in [6.07, 6.45) is 0. The molecule has 34 heavy (non-hydrogen) atoms. The fourth-order valence-electron chi connectivity index (χ4n) is 3.27. The molecular weight excluding hydrogens is 420 g/mol. The molecule has 4 heteroatoms. The van der Waals surface area contributed by atoms with Crippen molar-refractivity contribution in [2.24, 2.45) is 0 Å². The number of benzene rings is 3. The van der Waals surface area contributed by atoms with E-state index in [1.165, 1.54) is 11.1 Å². The molecule has 0 unspecified atom stereocenters. The van der Waals surface area contributed by atoms with Crippen LogP contribution in [0.1, 0.15) is 71.3 Å². The lowest BCUT2D eigenvalue weighted by Crippen LogP contribution is -2.10. The lowest BCUT2D eigenvalue weighted by Gasteiger charge is -2.19. The van der Waals surface area contributed by atoms with Gasteiger partial charge in [0.05, 0.1) is 0 Å². The van der Waals surface area contributed by atoms with Crippen LogP contribution in [0.5, 0.6) is 0 Å². The average molecular weight is 457 g/mol. The molecule has 0 saturated heterocycles. The van der Waals surface area contributed by atoms with E-state index in [0.717, 1.165) is 16.7 Å². The Kier molecular flexibility index (Phi) is 9.49. The Labute approximate surface area is 204 Å². The van der Waals surface area contributed by atoms with E-state index in [1.807, 2.05) is 52.0 Å². The molecule has 1 heterocycles. The molecule has 4 nitrogen and oxygen atoms in total. The largest absolute Gasteiger partial charge is 0.416 e. The van der Waals surface area contributed by atoms with Crippen LogP contribution in [0.25, 0.3) is 34.0 Å². The van der Waals surface area contributed by atoms with Gasteiger partial charge in [-0.05, 0) is 53.3 Å². The molecule has 4 aromatic rings. The van der Waals surface area contributed by atoms with Crippen LogP contribution in [0.3, 0.4) is 0 Å². The Bertz CT molecular complexity index is 1160. The third kappa shape index (κ3) is 6.50. The molecule has 4 rings (SSSR count). The number of carbonyl (C=O) groups is 1. The number of hydrogen-bond donors (Lipinski definition) is 0. The first-order valence-corrected chi connectivity index (χ1v) is 12.0. The van der Waals surface area contributed by atoms with Crippen molar-refractivity contribution < 1.29 is 9.21 Å². The van der Waals surface area contributed by atoms with Crippen LogP contribution in [-0.2, 0) is 5.41 Å². The van der Waals surface area contributed by atoms with Gasteiger partial charge in [-0.2, -0.15) is 0 Å². The average Bonchev–Trinajstić information content (AvgIpc) is 3.37. The third-order valence-electron chi connectivity index (χ3n) is 5.18. The van der Waals surface area contributed by atoms with E-state index in [-0.39, 0.29) is 11.2 Å². The van der Waals surface area contributed by atoms with E-state index >= 15 is 0 Å². The predicted molar refractivity (Wildman–Crippen MR) is 142 cm³/mol. The van der Waals surface area contributed by atoms with Crippen LogP contribution in [0.15, 0.2) is 77.2 Å². The fraction of sp³-hybridized carbons (Fsp3) is 0.300. The van der Waals surface area contributed by atoms with E-state index < -0.39 is 0 Å².